The highest BCUT2D eigenvalue weighted by Crippen LogP contribution is 2.10. The highest BCUT2D eigenvalue weighted by molar-refractivity contribution is 7.92. The standard InChI is InChI=1S/C6H5F3N2O2S/c7-4-2-1-3-5(10-4)11-14(12,13)6(8)9/h1-3,6H,(H,10,11). The first kappa shape index (κ1) is 10.8. The number of aromatic nitrogens is 1. The molecule has 1 rings (SSSR count). The van der Waals surface area contributed by atoms with Gasteiger partial charge in [-0.1, -0.05) is 6.07 Å². The number of hydrogen-bond donors (Lipinski definition) is 1. The summed E-state index contributed by atoms with van der Waals surface area (Å²) in [6.45, 7) is 0. The minimum Gasteiger partial charge on any atom is -0.262 e. The molecule has 0 saturated heterocycles. The first-order valence-electron chi connectivity index (χ1n) is 3.34. The van der Waals surface area contributed by atoms with Gasteiger partial charge < -0.3 is 0 Å². The fourth-order valence-corrected chi connectivity index (χ4v) is 1.15. The van der Waals surface area contributed by atoms with Crippen LogP contribution in [0.3, 0.4) is 0 Å². The minimum atomic E-state index is -4.78. The van der Waals surface area contributed by atoms with E-state index in [9.17, 15) is 21.6 Å². The number of nitrogens with one attached hydrogen (secondary N) is 1. The van der Waals surface area contributed by atoms with Crippen LogP contribution in [0.25, 0.3) is 0 Å². The van der Waals surface area contributed by atoms with E-state index in [0.717, 1.165) is 18.2 Å². The second-order valence-corrected chi connectivity index (χ2v) is 3.90. The Labute approximate surface area is 77.8 Å². The second-order valence-electron chi connectivity index (χ2n) is 2.25. The van der Waals surface area contributed by atoms with E-state index in [-0.39, 0.29) is 0 Å². The first-order valence-corrected chi connectivity index (χ1v) is 4.89. The lowest BCUT2D eigenvalue weighted by Crippen LogP contribution is -2.21. The number of sulfonamides is 1. The molecule has 1 heterocycles. The van der Waals surface area contributed by atoms with Gasteiger partial charge in [-0.3, -0.25) is 4.72 Å². The summed E-state index contributed by atoms with van der Waals surface area (Å²) >= 11 is 0. The van der Waals surface area contributed by atoms with Crippen molar-refractivity contribution >= 4 is 15.8 Å². The predicted molar refractivity (Wildman–Crippen MR) is 42.7 cm³/mol. The van der Waals surface area contributed by atoms with Gasteiger partial charge in [0.25, 0.3) is 10.0 Å². The van der Waals surface area contributed by atoms with Crippen LogP contribution in [0.5, 0.6) is 0 Å². The van der Waals surface area contributed by atoms with E-state index in [1.54, 1.807) is 0 Å². The van der Waals surface area contributed by atoms with Gasteiger partial charge in [0.15, 0.2) is 0 Å². The molecule has 14 heavy (non-hydrogen) atoms. The Morgan fingerprint density at radius 1 is 1.36 bits per heavy atom. The number of pyridine rings is 1. The Morgan fingerprint density at radius 2 is 2.00 bits per heavy atom. The van der Waals surface area contributed by atoms with Crippen LogP contribution in [-0.2, 0) is 10.0 Å². The summed E-state index contributed by atoms with van der Waals surface area (Å²) in [7, 11) is -4.78. The Morgan fingerprint density at radius 3 is 2.50 bits per heavy atom. The van der Waals surface area contributed by atoms with Crippen molar-refractivity contribution in [2.75, 3.05) is 4.72 Å². The number of hydrogen-bond acceptors (Lipinski definition) is 3. The Balaban J connectivity index is 2.90. The van der Waals surface area contributed by atoms with Gasteiger partial charge in [-0.05, 0) is 12.1 Å². The molecule has 78 valence electrons. The minimum absolute atomic E-state index is 0.481. The van der Waals surface area contributed by atoms with E-state index < -0.39 is 27.5 Å². The lowest BCUT2D eigenvalue weighted by molar-refractivity contribution is 0.236. The van der Waals surface area contributed by atoms with Crippen molar-refractivity contribution in [1.29, 1.82) is 0 Å². The lowest BCUT2D eigenvalue weighted by Gasteiger charge is -2.04. The smallest absolute Gasteiger partial charge is 0.262 e. The normalized spacial score (nSPS) is 11.7. The van der Waals surface area contributed by atoms with Crippen LogP contribution in [0.2, 0.25) is 0 Å². The fraction of sp³-hybridized carbons (Fsp3) is 0.167. The quantitative estimate of drug-likeness (QED) is 0.787. The third kappa shape index (κ3) is 2.59. The molecular weight excluding hydrogens is 221 g/mol. The van der Waals surface area contributed by atoms with E-state index in [0.29, 0.717) is 0 Å². The van der Waals surface area contributed by atoms with Crippen molar-refractivity contribution in [1.82, 2.24) is 4.98 Å². The summed E-state index contributed by atoms with van der Waals surface area (Å²) in [5.41, 5.74) is 0. The first-order chi connectivity index (χ1) is 6.42. The van der Waals surface area contributed by atoms with Crippen LogP contribution >= 0.6 is 0 Å². The topological polar surface area (TPSA) is 59.1 Å². The number of nitrogens with zero attached hydrogens (tertiary/aromatic N) is 1. The summed E-state index contributed by atoms with van der Waals surface area (Å²) in [5.74, 6) is -5.02. The van der Waals surface area contributed by atoms with Crippen LogP contribution in [0.15, 0.2) is 18.2 Å². The maximum Gasteiger partial charge on any atom is 0.355 e. The van der Waals surface area contributed by atoms with E-state index in [4.69, 9.17) is 0 Å². The average Bonchev–Trinajstić information content (AvgIpc) is 2.02. The van der Waals surface area contributed by atoms with E-state index >= 15 is 0 Å². The molecule has 1 aromatic rings. The maximum absolute atomic E-state index is 12.4. The molecule has 0 aliphatic heterocycles. The van der Waals surface area contributed by atoms with Crippen LogP contribution in [-0.4, -0.2) is 19.2 Å². The molecule has 0 bridgehead atoms. The van der Waals surface area contributed by atoms with Gasteiger partial charge in [0.2, 0.25) is 5.95 Å². The zero-order valence-electron chi connectivity index (χ0n) is 6.62. The van der Waals surface area contributed by atoms with Gasteiger partial charge >= 0.3 is 5.76 Å². The van der Waals surface area contributed by atoms with Crippen molar-refractivity contribution in [2.45, 2.75) is 5.76 Å². The van der Waals surface area contributed by atoms with Gasteiger partial charge in [-0.2, -0.15) is 13.2 Å². The molecule has 1 N–H and O–H groups in total. The van der Waals surface area contributed by atoms with Gasteiger partial charge in [-0.15, -0.1) is 0 Å². The largest absolute Gasteiger partial charge is 0.355 e. The SMILES string of the molecule is O=S(=O)(Nc1cccc(F)n1)C(F)F. The van der Waals surface area contributed by atoms with Crippen molar-refractivity contribution in [2.24, 2.45) is 0 Å². The van der Waals surface area contributed by atoms with Crippen LogP contribution < -0.4 is 4.72 Å². The molecule has 0 saturated carbocycles. The summed E-state index contributed by atoms with van der Waals surface area (Å²) in [6, 6.07) is 3.16. The van der Waals surface area contributed by atoms with Gasteiger partial charge in [0.1, 0.15) is 5.82 Å². The molecule has 0 fully saturated rings. The number of alkyl halides is 2. The van der Waals surface area contributed by atoms with Crippen molar-refractivity contribution < 1.29 is 21.6 Å². The molecule has 0 spiro atoms. The highest BCUT2D eigenvalue weighted by atomic mass is 32.2. The molecule has 0 radical (unpaired) electrons. The second kappa shape index (κ2) is 3.82. The van der Waals surface area contributed by atoms with Gasteiger partial charge in [0, 0.05) is 0 Å². The third-order valence-corrected chi connectivity index (χ3v) is 2.16. The molecule has 0 aromatic carbocycles. The Kier molecular flexibility index (Phi) is 2.94. The van der Waals surface area contributed by atoms with Gasteiger partial charge in [-0.25, -0.2) is 13.4 Å². The molecule has 0 aliphatic rings. The molecule has 1 aromatic heterocycles. The monoisotopic (exact) mass is 226 g/mol. The van der Waals surface area contributed by atoms with Crippen molar-refractivity contribution in [3.63, 3.8) is 0 Å². The van der Waals surface area contributed by atoms with Crippen molar-refractivity contribution in [3.8, 4) is 0 Å². The van der Waals surface area contributed by atoms with E-state index in [1.165, 1.54) is 4.72 Å². The molecule has 0 unspecified atom stereocenters. The van der Waals surface area contributed by atoms with Crippen LogP contribution in [0.1, 0.15) is 0 Å². The van der Waals surface area contributed by atoms with Gasteiger partial charge in [0.05, 0.1) is 0 Å². The van der Waals surface area contributed by atoms with Crippen LogP contribution in [0.4, 0.5) is 19.0 Å². The van der Waals surface area contributed by atoms with E-state index in [1.807, 2.05) is 0 Å². The van der Waals surface area contributed by atoms with E-state index in [2.05, 4.69) is 4.98 Å². The number of anilines is 1. The summed E-state index contributed by atoms with van der Waals surface area (Å²) in [5, 5.41) is 0. The summed E-state index contributed by atoms with van der Waals surface area (Å²) in [4.78, 5) is 3.05. The fourth-order valence-electron chi connectivity index (χ4n) is 0.655. The molecule has 0 aliphatic carbocycles. The average molecular weight is 226 g/mol. The molecular formula is C6H5F3N2O2S. The Bertz CT molecular complexity index is 421. The zero-order chi connectivity index (χ0) is 10.8. The summed E-state index contributed by atoms with van der Waals surface area (Å²) in [6.07, 6.45) is 0. The predicted octanol–water partition coefficient (Wildman–Crippen LogP) is 1.19. The Hall–Kier alpha value is -1.31. The zero-order valence-corrected chi connectivity index (χ0v) is 7.43. The number of halogens is 3. The summed E-state index contributed by atoms with van der Waals surface area (Å²) < 4.78 is 58.7. The third-order valence-electron chi connectivity index (χ3n) is 1.20. The molecule has 4 nitrogen and oxygen atoms in total. The maximum atomic E-state index is 12.4. The molecule has 8 heteroatoms. The number of rotatable bonds is 3. The van der Waals surface area contributed by atoms with Crippen LogP contribution in [0, 0.1) is 5.95 Å². The van der Waals surface area contributed by atoms with Crippen molar-refractivity contribution in [3.05, 3.63) is 24.1 Å². The molecule has 0 atom stereocenters. The lowest BCUT2D eigenvalue weighted by atomic mass is 10.5. The highest BCUT2D eigenvalue weighted by Gasteiger charge is 2.24. The molecule has 0 amide bonds.